The van der Waals surface area contributed by atoms with Gasteiger partial charge in [0.15, 0.2) is 0 Å². The number of rotatable bonds is 2. The summed E-state index contributed by atoms with van der Waals surface area (Å²) in [4.78, 5) is 22.4. The lowest BCUT2D eigenvalue weighted by Gasteiger charge is -2.32. The second kappa shape index (κ2) is 3.70. The van der Waals surface area contributed by atoms with E-state index in [1.807, 2.05) is 6.92 Å². The van der Waals surface area contributed by atoms with Crippen molar-refractivity contribution in [3.63, 3.8) is 0 Å². The molecule has 1 fully saturated rings. The van der Waals surface area contributed by atoms with Crippen LogP contribution in [0.1, 0.15) is 27.2 Å². The lowest BCUT2D eigenvalue weighted by atomic mass is 9.97. The summed E-state index contributed by atoms with van der Waals surface area (Å²) < 4.78 is -0.415. The van der Waals surface area contributed by atoms with Gasteiger partial charge in [0.25, 0.3) is 0 Å². The first-order chi connectivity index (χ1) is 5.94. The van der Waals surface area contributed by atoms with Gasteiger partial charge in [-0.3, -0.25) is 14.9 Å². The van der Waals surface area contributed by atoms with Crippen LogP contribution in [0, 0.1) is 5.92 Å². The van der Waals surface area contributed by atoms with Crippen molar-refractivity contribution in [3.05, 3.63) is 0 Å². The van der Waals surface area contributed by atoms with Crippen LogP contribution >= 0.6 is 11.8 Å². The molecule has 13 heavy (non-hydrogen) atoms. The molecule has 0 unspecified atom stereocenters. The number of thioether (sulfide) groups is 1. The fraction of sp³-hybridized carbons (Fsp3) is 0.778. The van der Waals surface area contributed by atoms with Crippen molar-refractivity contribution in [1.29, 1.82) is 0 Å². The second-order valence-electron chi connectivity index (χ2n) is 3.99. The first-order valence-electron chi connectivity index (χ1n) is 4.42. The lowest BCUT2D eigenvalue weighted by molar-refractivity contribution is -0.131. The first kappa shape index (κ1) is 10.6. The quantitative estimate of drug-likeness (QED) is 0.682. The van der Waals surface area contributed by atoms with E-state index in [4.69, 9.17) is 0 Å². The van der Waals surface area contributed by atoms with Gasteiger partial charge in [-0.05, 0) is 19.3 Å². The first-order valence-corrected chi connectivity index (χ1v) is 5.41. The Morgan fingerprint density at radius 1 is 1.54 bits per heavy atom. The molecule has 74 valence electrons. The maximum absolute atomic E-state index is 11.5. The Morgan fingerprint density at radius 2 is 2.15 bits per heavy atom. The molecule has 1 aliphatic heterocycles. The summed E-state index contributed by atoms with van der Waals surface area (Å²) in [5, 5.41) is 2.38. The van der Waals surface area contributed by atoms with E-state index in [0.29, 0.717) is 11.7 Å². The Morgan fingerprint density at radius 3 is 2.62 bits per heavy atom. The van der Waals surface area contributed by atoms with Crippen molar-refractivity contribution in [2.24, 2.45) is 5.92 Å². The normalized spacial score (nSPS) is 29.2. The van der Waals surface area contributed by atoms with E-state index in [-0.39, 0.29) is 11.8 Å². The summed E-state index contributed by atoms with van der Waals surface area (Å²) in [5.74, 6) is 0.560. The number of carbonyl (C=O) groups is 2. The van der Waals surface area contributed by atoms with Gasteiger partial charge in [-0.25, -0.2) is 0 Å². The fourth-order valence-electron chi connectivity index (χ4n) is 1.52. The number of hydrogen-bond acceptors (Lipinski definition) is 3. The van der Waals surface area contributed by atoms with Crippen molar-refractivity contribution in [3.8, 4) is 0 Å². The molecular formula is C9H15NO2S. The largest absolute Gasteiger partial charge is 0.295 e. The second-order valence-corrected chi connectivity index (χ2v) is 5.47. The maximum Gasteiger partial charge on any atom is 0.242 e. The topological polar surface area (TPSA) is 46.2 Å². The van der Waals surface area contributed by atoms with E-state index in [1.165, 1.54) is 11.8 Å². The van der Waals surface area contributed by atoms with Crippen LogP contribution in [0.3, 0.4) is 0 Å². The van der Waals surface area contributed by atoms with Crippen molar-refractivity contribution >= 4 is 23.6 Å². The molecule has 1 rings (SSSR count). The molecule has 4 heteroatoms. The molecule has 1 saturated heterocycles. The minimum absolute atomic E-state index is 0.137. The van der Waals surface area contributed by atoms with Gasteiger partial charge >= 0.3 is 0 Å². The predicted molar refractivity (Wildman–Crippen MR) is 53.5 cm³/mol. The highest BCUT2D eigenvalue weighted by Gasteiger charge is 2.39. The van der Waals surface area contributed by atoms with Crippen LogP contribution in [0.2, 0.25) is 0 Å². The molecule has 1 aliphatic rings. The number of amides is 2. The van der Waals surface area contributed by atoms with Crippen molar-refractivity contribution in [2.75, 3.05) is 5.75 Å². The Bertz CT molecular complexity index is 240. The highest BCUT2D eigenvalue weighted by Crippen LogP contribution is 2.34. The summed E-state index contributed by atoms with van der Waals surface area (Å²) in [6, 6.07) is 0. The van der Waals surface area contributed by atoms with Gasteiger partial charge in [0.1, 0.15) is 0 Å². The van der Waals surface area contributed by atoms with Crippen molar-refractivity contribution in [1.82, 2.24) is 5.32 Å². The highest BCUT2D eigenvalue weighted by molar-refractivity contribution is 8.02. The van der Waals surface area contributed by atoms with Gasteiger partial charge < -0.3 is 0 Å². The SMILES string of the molecule is CC(C)C[C@@]1(C)SCC(=O)NC1=O. The lowest BCUT2D eigenvalue weighted by Crippen LogP contribution is -2.51. The van der Waals surface area contributed by atoms with Gasteiger partial charge in [0.05, 0.1) is 10.5 Å². The van der Waals surface area contributed by atoms with Gasteiger partial charge in [0.2, 0.25) is 11.8 Å². The maximum atomic E-state index is 11.5. The zero-order valence-electron chi connectivity index (χ0n) is 8.22. The molecule has 1 atom stereocenters. The molecule has 0 radical (unpaired) electrons. The zero-order valence-corrected chi connectivity index (χ0v) is 9.03. The van der Waals surface area contributed by atoms with Gasteiger partial charge in [-0.2, -0.15) is 0 Å². The van der Waals surface area contributed by atoms with Crippen LogP contribution in [0.25, 0.3) is 0 Å². The molecule has 0 aromatic rings. The third-order valence-corrected chi connectivity index (χ3v) is 3.45. The number of hydrogen-bond donors (Lipinski definition) is 1. The van der Waals surface area contributed by atoms with Crippen molar-refractivity contribution in [2.45, 2.75) is 31.9 Å². The third kappa shape index (κ3) is 2.46. The molecule has 2 amide bonds. The number of carbonyl (C=O) groups excluding carboxylic acids is 2. The summed E-state index contributed by atoms with van der Waals surface area (Å²) >= 11 is 1.45. The van der Waals surface area contributed by atoms with Crippen LogP contribution in [0.5, 0.6) is 0 Å². The van der Waals surface area contributed by atoms with E-state index in [0.717, 1.165) is 6.42 Å². The van der Waals surface area contributed by atoms with E-state index < -0.39 is 4.75 Å². The van der Waals surface area contributed by atoms with Gasteiger partial charge in [-0.1, -0.05) is 13.8 Å². The highest BCUT2D eigenvalue weighted by atomic mass is 32.2. The minimum atomic E-state index is -0.415. The van der Waals surface area contributed by atoms with Crippen LogP contribution in [-0.4, -0.2) is 22.3 Å². The molecule has 0 aromatic carbocycles. The summed E-state index contributed by atoms with van der Waals surface area (Å²) in [6.07, 6.45) is 0.816. The molecule has 1 heterocycles. The van der Waals surface area contributed by atoms with Gasteiger partial charge in [0, 0.05) is 0 Å². The average molecular weight is 201 g/mol. The molecular weight excluding hydrogens is 186 g/mol. The average Bonchev–Trinajstić information content (AvgIpc) is 1.97. The molecule has 0 saturated carbocycles. The number of imide groups is 1. The molecule has 0 aliphatic carbocycles. The van der Waals surface area contributed by atoms with E-state index >= 15 is 0 Å². The smallest absolute Gasteiger partial charge is 0.242 e. The van der Waals surface area contributed by atoms with Crippen LogP contribution in [-0.2, 0) is 9.59 Å². The zero-order chi connectivity index (χ0) is 10.1. The Labute approximate surface area is 82.6 Å². The Hall–Kier alpha value is -0.510. The predicted octanol–water partition coefficient (Wildman–Crippen LogP) is 1.18. The van der Waals surface area contributed by atoms with Crippen LogP contribution in [0.15, 0.2) is 0 Å². The Balaban J connectivity index is 2.67. The van der Waals surface area contributed by atoms with E-state index in [1.54, 1.807) is 0 Å². The Kier molecular flexibility index (Phi) is 3.01. The summed E-state index contributed by atoms with van der Waals surface area (Å²) in [6.45, 7) is 6.06. The van der Waals surface area contributed by atoms with Crippen LogP contribution < -0.4 is 5.32 Å². The number of nitrogens with one attached hydrogen (secondary N) is 1. The van der Waals surface area contributed by atoms with E-state index in [9.17, 15) is 9.59 Å². The fourth-order valence-corrected chi connectivity index (χ4v) is 2.67. The van der Waals surface area contributed by atoms with E-state index in [2.05, 4.69) is 19.2 Å². The van der Waals surface area contributed by atoms with Crippen molar-refractivity contribution < 1.29 is 9.59 Å². The molecule has 0 bridgehead atoms. The van der Waals surface area contributed by atoms with Gasteiger partial charge in [-0.15, -0.1) is 11.8 Å². The third-order valence-electron chi connectivity index (χ3n) is 2.05. The summed E-state index contributed by atoms with van der Waals surface area (Å²) in [7, 11) is 0. The molecule has 0 aromatic heterocycles. The summed E-state index contributed by atoms with van der Waals surface area (Å²) in [5.41, 5.74) is 0. The molecule has 0 spiro atoms. The minimum Gasteiger partial charge on any atom is -0.295 e. The molecule has 3 nitrogen and oxygen atoms in total. The standard InChI is InChI=1S/C9H15NO2S/c1-6(2)4-9(3)8(12)10-7(11)5-13-9/h6H,4-5H2,1-3H3,(H,10,11,12)/t9-/m1/s1. The monoisotopic (exact) mass is 201 g/mol. The van der Waals surface area contributed by atoms with Crippen LogP contribution in [0.4, 0.5) is 0 Å². The molecule has 1 N–H and O–H groups in total.